The van der Waals surface area contributed by atoms with Crippen LogP contribution in [0.3, 0.4) is 0 Å². The van der Waals surface area contributed by atoms with Gasteiger partial charge in [-0.25, -0.2) is 4.98 Å². The van der Waals surface area contributed by atoms with Gasteiger partial charge in [0, 0.05) is 18.9 Å². The van der Waals surface area contributed by atoms with E-state index in [9.17, 15) is 0 Å². The number of hydrogen-bond acceptors (Lipinski definition) is 1. The molecule has 0 spiro atoms. The van der Waals surface area contributed by atoms with Gasteiger partial charge in [0.2, 0.25) is 0 Å². The third-order valence-corrected chi connectivity index (χ3v) is 3.14. The zero-order chi connectivity index (χ0) is 8.60. The first-order chi connectivity index (χ1) is 5.76. The van der Waals surface area contributed by atoms with E-state index >= 15 is 0 Å². The molecule has 1 aromatic heterocycles. The maximum atomic E-state index is 4.23. The molecule has 0 bridgehead atoms. The zero-order valence-electron chi connectivity index (χ0n) is 7.88. The minimum absolute atomic E-state index is 0.630. The van der Waals surface area contributed by atoms with Crippen molar-refractivity contribution < 1.29 is 0 Å². The predicted molar refractivity (Wildman–Crippen MR) is 48.9 cm³/mol. The van der Waals surface area contributed by atoms with Crippen LogP contribution in [0.15, 0.2) is 12.4 Å². The SMILES string of the molecule is CCC1(Cn2ccnc2C)CC1. The van der Waals surface area contributed by atoms with Gasteiger partial charge in [-0.3, -0.25) is 0 Å². The highest BCUT2D eigenvalue weighted by Crippen LogP contribution is 2.49. The summed E-state index contributed by atoms with van der Waals surface area (Å²) in [6.45, 7) is 5.54. The number of nitrogens with zero attached hydrogens (tertiary/aromatic N) is 2. The lowest BCUT2D eigenvalue weighted by Crippen LogP contribution is -2.11. The van der Waals surface area contributed by atoms with Crippen LogP contribution in [0.25, 0.3) is 0 Å². The Morgan fingerprint density at radius 2 is 2.33 bits per heavy atom. The number of aromatic nitrogens is 2. The number of rotatable bonds is 3. The van der Waals surface area contributed by atoms with Crippen molar-refractivity contribution >= 4 is 0 Å². The topological polar surface area (TPSA) is 17.8 Å². The molecule has 1 aliphatic rings. The summed E-state index contributed by atoms with van der Waals surface area (Å²) in [5.74, 6) is 1.15. The maximum absolute atomic E-state index is 4.23. The summed E-state index contributed by atoms with van der Waals surface area (Å²) in [6.07, 6.45) is 8.10. The van der Waals surface area contributed by atoms with E-state index in [1.54, 1.807) is 0 Å². The van der Waals surface area contributed by atoms with Crippen molar-refractivity contribution in [1.82, 2.24) is 9.55 Å². The summed E-state index contributed by atoms with van der Waals surface area (Å²) in [6, 6.07) is 0. The molecule has 0 saturated heterocycles. The molecule has 2 heteroatoms. The van der Waals surface area contributed by atoms with E-state index in [1.807, 2.05) is 6.20 Å². The van der Waals surface area contributed by atoms with Gasteiger partial charge in [-0.15, -0.1) is 0 Å². The van der Waals surface area contributed by atoms with Gasteiger partial charge in [0.15, 0.2) is 0 Å². The molecule has 1 fully saturated rings. The fourth-order valence-electron chi connectivity index (χ4n) is 1.73. The van der Waals surface area contributed by atoms with Crippen LogP contribution in [0, 0.1) is 12.3 Å². The van der Waals surface area contributed by atoms with Gasteiger partial charge in [0.05, 0.1) is 0 Å². The van der Waals surface area contributed by atoms with Gasteiger partial charge < -0.3 is 4.57 Å². The van der Waals surface area contributed by atoms with E-state index < -0.39 is 0 Å². The normalized spacial score (nSPS) is 19.5. The molecule has 0 N–H and O–H groups in total. The van der Waals surface area contributed by atoms with E-state index in [4.69, 9.17) is 0 Å². The molecule has 2 rings (SSSR count). The summed E-state index contributed by atoms with van der Waals surface area (Å²) in [5, 5.41) is 0. The van der Waals surface area contributed by atoms with Gasteiger partial charge in [-0.05, 0) is 31.6 Å². The second-order valence-corrected chi connectivity index (χ2v) is 3.96. The van der Waals surface area contributed by atoms with Gasteiger partial charge in [0.1, 0.15) is 5.82 Å². The van der Waals surface area contributed by atoms with Crippen molar-refractivity contribution in [1.29, 1.82) is 0 Å². The molecule has 2 nitrogen and oxygen atoms in total. The zero-order valence-corrected chi connectivity index (χ0v) is 7.88. The molecule has 0 aliphatic heterocycles. The Hall–Kier alpha value is -0.790. The van der Waals surface area contributed by atoms with E-state index in [0.717, 1.165) is 5.82 Å². The van der Waals surface area contributed by atoms with Crippen molar-refractivity contribution in [2.45, 2.75) is 39.7 Å². The second-order valence-electron chi connectivity index (χ2n) is 3.96. The number of aryl methyl sites for hydroxylation is 1. The lowest BCUT2D eigenvalue weighted by Gasteiger charge is -2.13. The van der Waals surface area contributed by atoms with Crippen LogP contribution in [-0.4, -0.2) is 9.55 Å². The van der Waals surface area contributed by atoms with Crippen LogP contribution < -0.4 is 0 Å². The van der Waals surface area contributed by atoms with Crippen LogP contribution >= 0.6 is 0 Å². The standard InChI is InChI=1S/C10H16N2/c1-3-10(4-5-10)8-12-7-6-11-9(12)2/h6-7H,3-5,8H2,1-2H3. The van der Waals surface area contributed by atoms with Crippen LogP contribution in [-0.2, 0) is 6.54 Å². The molecular formula is C10H16N2. The van der Waals surface area contributed by atoms with Gasteiger partial charge in [-0.1, -0.05) is 6.92 Å². The smallest absolute Gasteiger partial charge is 0.105 e. The molecule has 0 unspecified atom stereocenters. The van der Waals surface area contributed by atoms with E-state index in [2.05, 4.69) is 29.6 Å². The fraction of sp³-hybridized carbons (Fsp3) is 0.700. The Balaban J connectivity index is 2.08. The summed E-state index contributed by atoms with van der Waals surface area (Å²) < 4.78 is 2.27. The Morgan fingerprint density at radius 1 is 1.58 bits per heavy atom. The number of hydrogen-bond donors (Lipinski definition) is 0. The van der Waals surface area contributed by atoms with Gasteiger partial charge >= 0.3 is 0 Å². The van der Waals surface area contributed by atoms with Crippen molar-refractivity contribution in [2.24, 2.45) is 5.41 Å². The minimum atomic E-state index is 0.630. The third-order valence-electron chi connectivity index (χ3n) is 3.14. The summed E-state index contributed by atoms with van der Waals surface area (Å²) in [5.41, 5.74) is 0.630. The van der Waals surface area contributed by atoms with Gasteiger partial charge in [0.25, 0.3) is 0 Å². The number of imidazole rings is 1. The Labute approximate surface area is 73.6 Å². The largest absolute Gasteiger partial charge is 0.335 e. The van der Waals surface area contributed by atoms with Crippen LogP contribution in [0.4, 0.5) is 0 Å². The second kappa shape index (κ2) is 2.61. The molecule has 0 amide bonds. The molecule has 1 aromatic rings. The van der Waals surface area contributed by atoms with Crippen LogP contribution in [0.1, 0.15) is 32.0 Å². The highest BCUT2D eigenvalue weighted by atomic mass is 15.1. The Morgan fingerprint density at radius 3 is 2.75 bits per heavy atom. The average Bonchev–Trinajstić information content (AvgIpc) is 2.74. The highest BCUT2D eigenvalue weighted by Gasteiger charge is 2.40. The van der Waals surface area contributed by atoms with Crippen molar-refractivity contribution in [3.63, 3.8) is 0 Å². The lowest BCUT2D eigenvalue weighted by molar-refractivity contribution is 0.404. The fourth-order valence-corrected chi connectivity index (χ4v) is 1.73. The average molecular weight is 164 g/mol. The summed E-state index contributed by atoms with van der Waals surface area (Å²) >= 11 is 0. The van der Waals surface area contributed by atoms with Crippen LogP contribution in [0.5, 0.6) is 0 Å². The summed E-state index contributed by atoms with van der Waals surface area (Å²) in [7, 11) is 0. The lowest BCUT2D eigenvalue weighted by atomic mass is 10.0. The quantitative estimate of drug-likeness (QED) is 0.670. The first kappa shape index (κ1) is 7.84. The maximum Gasteiger partial charge on any atom is 0.105 e. The van der Waals surface area contributed by atoms with Crippen molar-refractivity contribution in [2.75, 3.05) is 0 Å². The molecule has 0 radical (unpaired) electrons. The van der Waals surface area contributed by atoms with Crippen LogP contribution in [0.2, 0.25) is 0 Å². The highest BCUT2D eigenvalue weighted by molar-refractivity contribution is 4.97. The molecule has 1 saturated carbocycles. The predicted octanol–water partition coefficient (Wildman–Crippen LogP) is 2.38. The Bertz CT molecular complexity index is 271. The summed E-state index contributed by atoms with van der Waals surface area (Å²) in [4.78, 5) is 4.23. The first-order valence-corrected chi connectivity index (χ1v) is 4.73. The van der Waals surface area contributed by atoms with E-state index in [1.165, 1.54) is 25.8 Å². The molecule has 66 valence electrons. The molecule has 0 atom stereocenters. The Kier molecular flexibility index (Phi) is 1.71. The minimum Gasteiger partial charge on any atom is -0.335 e. The molecular weight excluding hydrogens is 148 g/mol. The van der Waals surface area contributed by atoms with Gasteiger partial charge in [-0.2, -0.15) is 0 Å². The monoisotopic (exact) mass is 164 g/mol. The molecule has 1 heterocycles. The van der Waals surface area contributed by atoms with Crippen molar-refractivity contribution in [3.8, 4) is 0 Å². The third kappa shape index (κ3) is 1.26. The van der Waals surface area contributed by atoms with Crippen molar-refractivity contribution in [3.05, 3.63) is 18.2 Å². The van der Waals surface area contributed by atoms with E-state index in [-0.39, 0.29) is 0 Å². The van der Waals surface area contributed by atoms with E-state index in [0.29, 0.717) is 5.41 Å². The molecule has 0 aromatic carbocycles. The first-order valence-electron chi connectivity index (χ1n) is 4.73. The molecule has 12 heavy (non-hydrogen) atoms. The molecule has 1 aliphatic carbocycles.